The average molecular weight is 629 g/mol. The lowest BCUT2D eigenvalue weighted by molar-refractivity contribution is -0.394. The maximum absolute atomic E-state index is 13.9. The lowest BCUT2D eigenvalue weighted by atomic mass is 9.93. The van der Waals surface area contributed by atoms with Gasteiger partial charge in [-0.15, -0.1) is 0 Å². The number of hydrogen-bond donors (Lipinski definition) is 0. The number of rotatable bonds is 9. The zero-order valence-corrected chi connectivity index (χ0v) is 25.6. The van der Waals surface area contributed by atoms with Crippen LogP contribution in [0.5, 0.6) is 11.5 Å². The first-order valence-corrected chi connectivity index (χ1v) is 14.8. The predicted molar refractivity (Wildman–Crippen MR) is 167 cm³/mol. The minimum Gasteiger partial charge on any atom is -0.463 e. The number of non-ortho nitro benzene ring substituents is 1. The van der Waals surface area contributed by atoms with Crippen molar-refractivity contribution in [2.45, 2.75) is 39.7 Å². The van der Waals surface area contributed by atoms with Crippen LogP contribution in [0.15, 0.2) is 87.8 Å². The van der Waals surface area contributed by atoms with Crippen molar-refractivity contribution in [1.29, 1.82) is 0 Å². The number of nitrogens with zero attached hydrogens (tertiary/aromatic N) is 4. The molecule has 0 amide bonds. The molecule has 45 heavy (non-hydrogen) atoms. The van der Waals surface area contributed by atoms with E-state index in [0.29, 0.717) is 26.5 Å². The quantitative estimate of drug-likeness (QED) is 0.133. The molecule has 5 rings (SSSR count). The lowest BCUT2D eigenvalue weighted by Crippen LogP contribution is -2.39. The fourth-order valence-electron chi connectivity index (χ4n) is 4.96. The second-order valence-electron chi connectivity index (χ2n) is 10.5. The Morgan fingerprint density at radius 1 is 1.07 bits per heavy atom. The molecule has 0 fully saturated rings. The molecule has 0 spiro atoms. The maximum Gasteiger partial charge on any atom is 0.338 e. The van der Waals surface area contributed by atoms with Gasteiger partial charge in [0.1, 0.15) is 5.75 Å². The fourth-order valence-corrected chi connectivity index (χ4v) is 6.01. The van der Waals surface area contributed by atoms with Gasteiger partial charge < -0.3 is 9.47 Å². The van der Waals surface area contributed by atoms with Crippen LogP contribution in [0.3, 0.4) is 0 Å². The van der Waals surface area contributed by atoms with Crippen LogP contribution in [0.25, 0.3) is 6.08 Å². The van der Waals surface area contributed by atoms with Crippen molar-refractivity contribution in [2.75, 3.05) is 6.61 Å². The van der Waals surface area contributed by atoms with Gasteiger partial charge in [-0.3, -0.25) is 29.6 Å². The van der Waals surface area contributed by atoms with Crippen LogP contribution in [-0.2, 0) is 9.53 Å². The Kier molecular flexibility index (Phi) is 8.73. The minimum absolute atomic E-state index is 0.167. The van der Waals surface area contributed by atoms with Gasteiger partial charge in [0.15, 0.2) is 4.80 Å². The average Bonchev–Trinajstić information content (AvgIpc) is 3.30. The number of carbonyl (C=O) groups excluding carboxylic acids is 1. The van der Waals surface area contributed by atoms with Crippen molar-refractivity contribution < 1.29 is 24.1 Å². The molecule has 0 N–H and O–H groups in total. The highest BCUT2D eigenvalue weighted by molar-refractivity contribution is 7.07. The van der Waals surface area contributed by atoms with Crippen LogP contribution in [0, 0.1) is 20.2 Å². The molecule has 0 aliphatic carbocycles. The number of nitro benzene ring substituents is 2. The molecular weight excluding hydrogens is 600 g/mol. The molecule has 0 radical (unpaired) electrons. The van der Waals surface area contributed by atoms with Gasteiger partial charge in [-0.2, -0.15) is 0 Å². The summed E-state index contributed by atoms with van der Waals surface area (Å²) in [7, 11) is 0. The third-order valence-electron chi connectivity index (χ3n) is 7.17. The molecule has 1 aromatic heterocycles. The molecule has 3 aromatic carbocycles. The molecule has 0 unspecified atom stereocenters. The van der Waals surface area contributed by atoms with E-state index in [1.54, 1.807) is 44.2 Å². The van der Waals surface area contributed by atoms with E-state index in [4.69, 9.17) is 9.47 Å². The Labute approximate surface area is 260 Å². The molecule has 1 aliphatic heterocycles. The second-order valence-corrected chi connectivity index (χ2v) is 11.5. The third-order valence-corrected chi connectivity index (χ3v) is 8.15. The summed E-state index contributed by atoms with van der Waals surface area (Å²) in [5.74, 6) is -0.199. The van der Waals surface area contributed by atoms with Gasteiger partial charge in [-0.1, -0.05) is 61.6 Å². The van der Waals surface area contributed by atoms with E-state index in [-0.39, 0.29) is 29.2 Å². The maximum atomic E-state index is 13.9. The van der Waals surface area contributed by atoms with Crippen LogP contribution in [0.1, 0.15) is 56.3 Å². The number of aromatic nitrogens is 1. The van der Waals surface area contributed by atoms with Crippen LogP contribution in [0.4, 0.5) is 11.4 Å². The summed E-state index contributed by atoms with van der Waals surface area (Å²) in [6, 6.07) is 16.7. The smallest absolute Gasteiger partial charge is 0.338 e. The highest BCUT2D eigenvalue weighted by atomic mass is 32.1. The van der Waals surface area contributed by atoms with Crippen molar-refractivity contribution in [2.24, 2.45) is 4.99 Å². The Morgan fingerprint density at radius 3 is 2.44 bits per heavy atom. The Bertz CT molecular complexity index is 2040. The van der Waals surface area contributed by atoms with Gasteiger partial charge in [-0.05, 0) is 60.7 Å². The van der Waals surface area contributed by atoms with E-state index < -0.39 is 33.2 Å². The molecule has 0 bridgehead atoms. The number of nitro groups is 2. The molecule has 4 aromatic rings. The van der Waals surface area contributed by atoms with Gasteiger partial charge in [0, 0.05) is 6.07 Å². The van der Waals surface area contributed by atoms with Gasteiger partial charge in [-0.25, -0.2) is 9.79 Å². The lowest BCUT2D eigenvalue weighted by Gasteiger charge is -2.25. The van der Waals surface area contributed by atoms with E-state index >= 15 is 0 Å². The summed E-state index contributed by atoms with van der Waals surface area (Å²) in [4.78, 5) is 53.2. The van der Waals surface area contributed by atoms with Crippen LogP contribution in [0.2, 0.25) is 0 Å². The second kappa shape index (κ2) is 12.7. The number of fused-ring (bicyclic) bond motifs is 1. The third kappa shape index (κ3) is 6.29. The Balaban J connectivity index is 1.57. The van der Waals surface area contributed by atoms with E-state index in [1.165, 1.54) is 4.57 Å². The van der Waals surface area contributed by atoms with Gasteiger partial charge in [0.05, 0.1) is 44.4 Å². The number of esters is 1. The van der Waals surface area contributed by atoms with E-state index in [1.807, 2.05) is 24.3 Å². The van der Waals surface area contributed by atoms with E-state index in [9.17, 15) is 29.8 Å². The molecular formula is C32H28N4O8S. The van der Waals surface area contributed by atoms with Crippen molar-refractivity contribution in [1.82, 2.24) is 4.57 Å². The normalized spacial score (nSPS) is 14.6. The zero-order valence-electron chi connectivity index (χ0n) is 24.8. The Hall–Kier alpha value is -5.43. The first kappa shape index (κ1) is 31.0. The first-order chi connectivity index (χ1) is 21.5. The summed E-state index contributed by atoms with van der Waals surface area (Å²) in [6.07, 6.45) is 1.64. The zero-order chi connectivity index (χ0) is 32.4. The van der Waals surface area contributed by atoms with Gasteiger partial charge in [0.25, 0.3) is 11.2 Å². The molecule has 1 aliphatic rings. The highest BCUT2D eigenvalue weighted by Crippen LogP contribution is 2.35. The van der Waals surface area contributed by atoms with Crippen LogP contribution in [-0.4, -0.2) is 27.0 Å². The van der Waals surface area contributed by atoms with E-state index in [2.05, 4.69) is 18.8 Å². The predicted octanol–water partition coefficient (Wildman–Crippen LogP) is 5.53. The molecule has 12 nitrogen and oxygen atoms in total. The molecule has 0 saturated heterocycles. The van der Waals surface area contributed by atoms with Crippen molar-refractivity contribution in [3.8, 4) is 11.5 Å². The molecule has 0 saturated carbocycles. The van der Waals surface area contributed by atoms with Crippen molar-refractivity contribution in [3.63, 3.8) is 0 Å². The number of thiazole rings is 1. The Morgan fingerprint density at radius 2 is 1.80 bits per heavy atom. The number of carbonyl (C=O) groups is 1. The number of allylic oxidation sites excluding steroid dienone is 1. The summed E-state index contributed by atoms with van der Waals surface area (Å²) in [5.41, 5.74) is 1.80. The minimum atomic E-state index is -0.758. The number of benzene rings is 3. The standard InChI is InChI=1S/C32H28N4O8S/c1-5-43-31(38)28-19(4)33-32-34(29(28)22-11-9-21(10-12-22)18(2)3)30(37)27(45-32)16-20-7-6-8-24(15-20)44-26-14-13-23(35(39)40)17-25(26)36(41)42/h6-18,29H,5H2,1-4H3/b27-16-/t29-/m0/s1. The molecule has 230 valence electrons. The van der Waals surface area contributed by atoms with Gasteiger partial charge in [0.2, 0.25) is 5.75 Å². The van der Waals surface area contributed by atoms with Crippen molar-refractivity contribution in [3.05, 3.63) is 135 Å². The fraction of sp³-hybridized carbons (Fsp3) is 0.219. The number of hydrogen-bond acceptors (Lipinski definition) is 10. The summed E-state index contributed by atoms with van der Waals surface area (Å²) >= 11 is 1.16. The van der Waals surface area contributed by atoms with Gasteiger partial charge >= 0.3 is 11.7 Å². The SMILES string of the molecule is CCOC(=O)C1=C(C)N=c2s/c(=C\c3cccc(Oc4ccc([N+](=O)[O-])cc4[N+](=O)[O-])c3)c(=O)n2[C@H]1c1ccc(C(C)C)cc1. The highest BCUT2D eigenvalue weighted by Gasteiger charge is 2.33. The summed E-state index contributed by atoms with van der Waals surface area (Å²) < 4.78 is 12.9. The first-order valence-electron chi connectivity index (χ1n) is 14.0. The van der Waals surface area contributed by atoms with E-state index in [0.717, 1.165) is 40.7 Å². The number of ether oxygens (including phenoxy) is 2. The molecule has 1 atom stereocenters. The molecule has 2 heterocycles. The van der Waals surface area contributed by atoms with Crippen LogP contribution >= 0.6 is 11.3 Å². The van der Waals surface area contributed by atoms with Crippen molar-refractivity contribution >= 4 is 34.8 Å². The largest absolute Gasteiger partial charge is 0.463 e. The summed E-state index contributed by atoms with van der Waals surface area (Å²) in [6.45, 7) is 7.77. The topological polar surface area (TPSA) is 156 Å². The summed E-state index contributed by atoms with van der Waals surface area (Å²) in [5, 5.41) is 22.6. The monoisotopic (exact) mass is 628 g/mol. The molecule has 13 heteroatoms. The van der Waals surface area contributed by atoms with Crippen LogP contribution < -0.4 is 19.6 Å².